The van der Waals surface area contributed by atoms with Gasteiger partial charge < -0.3 is 14.9 Å². The average Bonchev–Trinajstić information content (AvgIpc) is 2.32. The highest BCUT2D eigenvalue weighted by Crippen LogP contribution is 2.38. The van der Waals surface area contributed by atoms with E-state index in [1.54, 1.807) is 0 Å². The van der Waals surface area contributed by atoms with E-state index in [-0.39, 0.29) is 5.82 Å². The number of hydrogen-bond acceptors (Lipinski definition) is 4. The molecule has 0 fully saturated rings. The molecule has 0 radical (unpaired) electrons. The number of nitrogens with zero attached hydrogens (tertiary/aromatic N) is 2. The first kappa shape index (κ1) is 9.34. The Morgan fingerprint density at radius 3 is 2.75 bits per heavy atom. The van der Waals surface area contributed by atoms with Crippen molar-refractivity contribution in [2.75, 3.05) is 6.16 Å². The van der Waals surface area contributed by atoms with E-state index in [0.717, 1.165) is 6.33 Å². The van der Waals surface area contributed by atoms with Gasteiger partial charge in [-0.05, 0) is 0 Å². The predicted molar refractivity (Wildman–Crippen MR) is 38.3 cm³/mol. The lowest BCUT2D eigenvalue weighted by Crippen LogP contribution is -2.05. The standard InChI is InChI=1S/C4H8N3O4P/c8-3(1-12(9,10)11)4-5-2-6-7-4/h2-3,8H,1H2,(H,5,6,7)(H2,9,10,11). The molecule has 0 bridgehead atoms. The van der Waals surface area contributed by atoms with Gasteiger partial charge in [-0.2, -0.15) is 5.10 Å². The van der Waals surface area contributed by atoms with E-state index in [1.165, 1.54) is 0 Å². The lowest BCUT2D eigenvalue weighted by Gasteiger charge is -2.07. The molecular formula is C4H8N3O4P. The summed E-state index contributed by atoms with van der Waals surface area (Å²) in [6.07, 6.45) is -0.797. The normalized spacial score (nSPS) is 14.6. The number of aliphatic hydroxyl groups is 1. The molecule has 0 saturated heterocycles. The first-order valence-electron chi connectivity index (χ1n) is 3.07. The quantitative estimate of drug-likeness (QED) is 0.458. The molecular weight excluding hydrogens is 185 g/mol. The van der Waals surface area contributed by atoms with Crippen molar-refractivity contribution >= 4 is 7.60 Å². The van der Waals surface area contributed by atoms with Gasteiger partial charge in [0.05, 0.1) is 6.16 Å². The van der Waals surface area contributed by atoms with Crippen LogP contribution in [0.3, 0.4) is 0 Å². The number of aromatic amines is 1. The zero-order valence-corrected chi connectivity index (χ0v) is 6.85. The van der Waals surface area contributed by atoms with Crippen LogP contribution in [0.15, 0.2) is 6.33 Å². The Hall–Kier alpha value is -0.750. The molecule has 1 aromatic rings. The highest BCUT2D eigenvalue weighted by Gasteiger charge is 2.22. The van der Waals surface area contributed by atoms with Crippen LogP contribution in [0.5, 0.6) is 0 Å². The maximum absolute atomic E-state index is 10.4. The topological polar surface area (TPSA) is 119 Å². The number of aliphatic hydroxyl groups excluding tert-OH is 1. The molecule has 0 saturated carbocycles. The van der Waals surface area contributed by atoms with Crippen molar-refractivity contribution in [3.05, 3.63) is 12.2 Å². The van der Waals surface area contributed by atoms with Crippen LogP contribution in [-0.4, -0.2) is 36.2 Å². The Balaban J connectivity index is 2.62. The number of rotatable bonds is 3. The molecule has 1 aromatic heterocycles. The summed E-state index contributed by atoms with van der Waals surface area (Å²) in [7, 11) is -4.20. The molecule has 1 heterocycles. The monoisotopic (exact) mass is 193 g/mol. The third-order valence-electron chi connectivity index (χ3n) is 1.16. The Bertz CT molecular complexity index is 281. The van der Waals surface area contributed by atoms with Crippen molar-refractivity contribution in [1.29, 1.82) is 0 Å². The molecule has 4 N–H and O–H groups in total. The lowest BCUT2D eigenvalue weighted by atomic mass is 10.4. The van der Waals surface area contributed by atoms with Crippen molar-refractivity contribution in [3.8, 4) is 0 Å². The van der Waals surface area contributed by atoms with E-state index in [2.05, 4.69) is 15.2 Å². The zero-order valence-electron chi connectivity index (χ0n) is 5.95. The van der Waals surface area contributed by atoms with E-state index in [9.17, 15) is 4.57 Å². The Kier molecular flexibility index (Phi) is 2.58. The van der Waals surface area contributed by atoms with Crippen molar-refractivity contribution in [2.24, 2.45) is 0 Å². The third kappa shape index (κ3) is 2.71. The number of aromatic nitrogens is 3. The maximum Gasteiger partial charge on any atom is 0.328 e. The van der Waals surface area contributed by atoms with Crippen LogP contribution in [0.4, 0.5) is 0 Å². The van der Waals surface area contributed by atoms with Crippen LogP contribution in [0.2, 0.25) is 0 Å². The van der Waals surface area contributed by atoms with Gasteiger partial charge >= 0.3 is 7.60 Å². The highest BCUT2D eigenvalue weighted by molar-refractivity contribution is 7.51. The summed E-state index contributed by atoms with van der Waals surface area (Å²) in [5, 5.41) is 14.8. The fourth-order valence-electron chi connectivity index (χ4n) is 0.687. The largest absolute Gasteiger partial charge is 0.384 e. The minimum atomic E-state index is -4.20. The Labute approximate surface area is 67.6 Å². The van der Waals surface area contributed by atoms with E-state index < -0.39 is 19.9 Å². The Morgan fingerprint density at radius 1 is 1.67 bits per heavy atom. The summed E-state index contributed by atoms with van der Waals surface area (Å²) in [5.41, 5.74) is 0. The average molecular weight is 193 g/mol. The van der Waals surface area contributed by atoms with Crippen molar-refractivity contribution in [3.63, 3.8) is 0 Å². The minimum Gasteiger partial charge on any atom is -0.384 e. The second-order valence-electron chi connectivity index (χ2n) is 2.23. The zero-order chi connectivity index (χ0) is 9.19. The first-order chi connectivity index (χ1) is 5.49. The molecule has 0 aromatic carbocycles. The molecule has 0 spiro atoms. The fraction of sp³-hybridized carbons (Fsp3) is 0.500. The van der Waals surface area contributed by atoms with Crippen LogP contribution >= 0.6 is 7.60 Å². The molecule has 1 unspecified atom stereocenters. The molecule has 0 amide bonds. The van der Waals surface area contributed by atoms with E-state index in [0.29, 0.717) is 0 Å². The maximum atomic E-state index is 10.4. The summed E-state index contributed by atoms with van der Waals surface area (Å²) in [5.74, 6) is 0.0540. The van der Waals surface area contributed by atoms with Gasteiger partial charge in [0.25, 0.3) is 0 Å². The van der Waals surface area contributed by atoms with Gasteiger partial charge in [0, 0.05) is 0 Å². The third-order valence-corrected chi connectivity index (χ3v) is 1.98. The Morgan fingerprint density at radius 2 is 2.33 bits per heavy atom. The minimum absolute atomic E-state index is 0.0540. The first-order valence-corrected chi connectivity index (χ1v) is 4.87. The van der Waals surface area contributed by atoms with Gasteiger partial charge in [0.2, 0.25) is 0 Å². The fourth-order valence-corrected chi connectivity index (χ4v) is 1.31. The number of H-pyrrole nitrogens is 1. The van der Waals surface area contributed by atoms with Crippen molar-refractivity contribution in [1.82, 2.24) is 15.2 Å². The van der Waals surface area contributed by atoms with Gasteiger partial charge in [-0.25, -0.2) is 4.98 Å². The second-order valence-corrected chi connectivity index (χ2v) is 3.93. The summed E-state index contributed by atoms with van der Waals surface area (Å²) in [4.78, 5) is 20.5. The van der Waals surface area contributed by atoms with Crippen LogP contribution < -0.4 is 0 Å². The van der Waals surface area contributed by atoms with Gasteiger partial charge in [-0.3, -0.25) is 9.66 Å². The molecule has 7 nitrogen and oxygen atoms in total. The van der Waals surface area contributed by atoms with Crippen molar-refractivity contribution in [2.45, 2.75) is 6.10 Å². The van der Waals surface area contributed by atoms with Crippen LogP contribution in [0.25, 0.3) is 0 Å². The molecule has 1 rings (SSSR count). The molecule has 68 valence electrons. The molecule has 0 aliphatic rings. The second kappa shape index (κ2) is 3.32. The number of nitrogens with one attached hydrogen (secondary N) is 1. The molecule has 0 aliphatic heterocycles. The highest BCUT2D eigenvalue weighted by atomic mass is 31.2. The van der Waals surface area contributed by atoms with E-state index in [4.69, 9.17) is 14.9 Å². The van der Waals surface area contributed by atoms with Crippen LogP contribution in [-0.2, 0) is 4.57 Å². The van der Waals surface area contributed by atoms with Gasteiger partial charge in [-0.1, -0.05) is 0 Å². The lowest BCUT2D eigenvalue weighted by molar-refractivity contribution is 0.183. The molecule has 8 heteroatoms. The summed E-state index contributed by atoms with van der Waals surface area (Å²) >= 11 is 0. The van der Waals surface area contributed by atoms with Gasteiger partial charge in [0.1, 0.15) is 12.4 Å². The summed E-state index contributed by atoms with van der Waals surface area (Å²) in [6.45, 7) is 0. The van der Waals surface area contributed by atoms with Crippen LogP contribution in [0, 0.1) is 0 Å². The predicted octanol–water partition coefficient (Wildman–Crippen LogP) is -0.984. The summed E-state index contributed by atoms with van der Waals surface area (Å²) < 4.78 is 10.4. The smallest absolute Gasteiger partial charge is 0.328 e. The SMILES string of the molecule is O=P(O)(O)CC(O)c1ncn[nH]1. The summed E-state index contributed by atoms with van der Waals surface area (Å²) in [6, 6.07) is 0. The van der Waals surface area contributed by atoms with Crippen LogP contribution in [0.1, 0.15) is 11.9 Å². The van der Waals surface area contributed by atoms with Crippen molar-refractivity contribution < 1.29 is 19.5 Å². The van der Waals surface area contributed by atoms with Gasteiger partial charge in [-0.15, -0.1) is 0 Å². The van der Waals surface area contributed by atoms with Gasteiger partial charge in [0.15, 0.2) is 5.82 Å². The number of hydrogen-bond donors (Lipinski definition) is 4. The van der Waals surface area contributed by atoms with E-state index in [1.807, 2.05) is 0 Å². The van der Waals surface area contributed by atoms with E-state index >= 15 is 0 Å². The molecule has 1 atom stereocenters. The molecule has 0 aliphatic carbocycles. The molecule has 12 heavy (non-hydrogen) atoms.